The summed E-state index contributed by atoms with van der Waals surface area (Å²) in [5.41, 5.74) is -0.571. The maximum absolute atomic E-state index is 12.5. The van der Waals surface area contributed by atoms with E-state index in [2.05, 4.69) is 9.72 Å². The van der Waals surface area contributed by atoms with Gasteiger partial charge < -0.3 is 4.74 Å². The Balaban J connectivity index is 3.15. The maximum Gasteiger partial charge on any atom is 0.310 e. The number of hydrogen-bond donors (Lipinski definition) is 0. The standard InChI is InChI=1S/C11H9ClF2N2O2/c1-2-18-9(17)4-6-3-8(11(13)14)16-10(12)7(6)5-15/h3,11H,2,4H2,1H3. The molecule has 0 bridgehead atoms. The summed E-state index contributed by atoms with van der Waals surface area (Å²) < 4.78 is 29.7. The molecule has 0 atom stereocenters. The molecule has 0 saturated heterocycles. The highest BCUT2D eigenvalue weighted by molar-refractivity contribution is 6.30. The molecule has 4 nitrogen and oxygen atoms in total. The van der Waals surface area contributed by atoms with E-state index in [0.717, 1.165) is 6.07 Å². The first kappa shape index (κ1) is 14.3. The molecule has 0 fully saturated rings. The van der Waals surface area contributed by atoms with Gasteiger partial charge in [0.1, 0.15) is 16.9 Å². The Morgan fingerprint density at radius 2 is 2.33 bits per heavy atom. The average molecular weight is 275 g/mol. The van der Waals surface area contributed by atoms with Crippen LogP contribution in [-0.4, -0.2) is 17.6 Å². The van der Waals surface area contributed by atoms with Crippen LogP contribution in [0.15, 0.2) is 6.07 Å². The van der Waals surface area contributed by atoms with Gasteiger partial charge in [0, 0.05) is 0 Å². The number of alkyl halides is 2. The Morgan fingerprint density at radius 1 is 1.67 bits per heavy atom. The minimum Gasteiger partial charge on any atom is -0.466 e. The summed E-state index contributed by atoms with van der Waals surface area (Å²) in [5.74, 6) is -0.614. The molecule has 1 aromatic heterocycles. The predicted octanol–water partition coefficient (Wildman–Crippen LogP) is 2.65. The van der Waals surface area contributed by atoms with E-state index in [1.54, 1.807) is 13.0 Å². The molecule has 0 amide bonds. The van der Waals surface area contributed by atoms with E-state index >= 15 is 0 Å². The van der Waals surface area contributed by atoms with Crippen molar-refractivity contribution in [3.63, 3.8) is 0 Å². The van der Waals surface area contributed by atoms with Crippen molar-refractivity contribution in [3.05, 3.63) is 28.0 Å². The third-order valence-electron chi connectivity index (χ3n) is 2.05. The molecule has 7 heteroatoms. The van der Waals surface area contributed by atoms with Gasteiger partial charge in [-0.1, -0.05) is 11.6 Å². The van der Waals surface area contributed by atoms with Crippen LogP contribution in [0.4, 0.5) is 8.78 Å². The van der Waals surface area contributed by atoms with Crippen molar-refractivity contribution in [1.29, 1.82) is 5.26 Å². The summed E-state index contributed by atoms with van der Waals surface area (Å²) in [4.78, 5) is 14.7. The number of hydrogen-bond acceptors (Lipinski definition) is 4. The Kier molecular flexibility index (Phi) is 4.98. The molecule has 96 valence electrons. The van der Waals surface area contributed by atoms with E-state index in [4.69, 9.17) is 16.9 Å². The SMILES string of the molecule is CCOC(=O)Cc1cc(C(F)F)nc(Cl)c1C#N. The van der Waals surface area contributed by atoms with Crippen molar-refractivity contribution < 1.29 is 18.3 Å². The molecule has 18 heavy (non-hydrogen) atoms. The van der Waals surface area contributed by atoms with E-state index in [-0.39, 0.29) is 29.3 Å². The van der Waals surface area contributed by atoms with Gasteiger partial charge in [0.25, 0.3) is 6.43 Å². The number of nitrogens with zero attached hydrogens (tertiary/aromatic N) is 2. The fourth-order valence-electron chi connectivity index (χ4n) is 1.32. The summed E-state index contributed by atoms with van der Waals surface area (Å²) in [6, 6.07) is 2.72. The second-order valence-electron chi connectivity index (χ2n) is 3.27. The van der Waals surface area contributed by atoms with Gasteiger partial charge in [0.2, 0.25) is 0 Å². The van der Waals surface area contributed by atoms with Crippen molar-refractivity contribution in [2.24, 2.45) is 0 Å². The average Bonchev–Trinajstić information content (AvgIpc) is 2.28. The summed E-state index contributed by atoms with van der Waals surface area (Å²) >= 11 is 5.62. The molecule has 1 heterocycles. The van der Waals surface area contributed by atoms with Crippen molar-refractivity contribution >= 4 is 17.6 Å². The lowest BCUT2D eigenvalue weighted by Gasteiger charge is -2.08. The van der Waals surface area contributed by atoms with E-state index < -0.39 is 18.1 Å². The Labute approximate surface area is 107 Å². The molecule has 0 aliphatic heterocycles. The topological polar surface area (TPSA) is 63.0 Å². The van der Waals surface area contributed by atoms with Gasteiger partial charge in [-0.05, 0) is 18.6 Å². The third kappa shape index (κ3) is 3.37. The van der Waals surface area contributed by atoms with Crippen LogP contribution in [0.3, 0.4) is 0 Å². The largest absolute Gasteiger partial charge is 0.466 e. The van der Waals surface area contributed by atoms with E-state index in [9.17, 15) is 13.6 Å². The van der Waals surface area contributed by atoms with Crippen LogP contribution in [-0.2, 0) is 16.0 Å². The zero-order valence-corrected chi connectivity index (χ0v) is 10.2. The van der Waals surface area contributed by atoms with Gasteiger partial charge in [-0.15, -0.1) is 0 Å². The number of esters is 1. The third-order valence-corrected chi connectivity index (χ3v) is 2.33. The molecule has 0 aliphatic carbocycles. The Morgan fingerprint density at radius 3 is 2.83 bits per heavy atom. The maximum atomic E-state index is 12.5. The van der Waals surface area contributed by atoms with Gasteiger partial charge in [-0.3, -0.25) is 4.79 Å². The summed E-state index contributed by atoms with van der Waals surface area (Å²) in [5, 5.41) is 8.52. The molecular weight excluding hydrogens is 266 g/mol. The van der Waals surface area contributed by atoms with Crippen molar-refractivity contribution in [1.82, 2.24) is 4.98 Å². The van der Waals surface area contributed by atoms with Crippen molar-refractivity contribution in [3.8, 4) is 6.07 Å². The Bertz CT molecular complexity index is 501. The van der Waals surface area contributed by atoms with Gasteiger partial charge in [-0.25, -0.2) is 13.8 Å². The highest BCUT2D eigenvalue weighted by Crippen LogP contribution is 2.25. The smallest absolute Gasteiger partial charge is 0.310 e. The minimum absolute atomic E-state index is 0.0888. The first-order valence-corrected chi connectivity index (χ1v) is 5.40. The monoisotopic (exact) mass is 274 g/mol. The lowest BCUT2D eigenvalue weighted by molar-refractivity contribution is -0.142. The van der Waals surface area contributed by atoms with Gasteiger partial charge in [0.15, 0.2) is 0 Å². The van der Waals surface area contributed by atoms with Gasteiger partial charge in [0.05, 0.1) is 18.6 Å². The van der Waals surface area contributed by atoms with E-state index in [1.807, 2.05) is 0 Å². The molecule has 0 aromatic carbocycles. The zero-order chi connectivity index (χ0) is 13.7. The lowest BCUT2D eigenvalue weighted by Crippen LogP contribution is -2.10. The van der Waals surface area contributed by atoms with Crippen LogP contribution in [0.5, 0.6) is 0 Å². The fraction of sp³-hybridized carbons (Fsp3) is 0.364. The normalized spacial score (nSPS) is 10.2. The number of nitriles is 1. The lowest BCUT2D eigenvalue weighted by atomic mass is 10.1. The summed E-state index contributed by atoms with van der Waals surface area (Å²) in [6.07, 6.45) is -3.12. The molecule has 1 rings (SSSR count). The quantitative estimate of drug-likeness (QED) is 0.625. The van der Waals surface area contributed by atoms with Crippen LogP contribution in [0, 0.1) is 11.3 Å². The second-order valence-corrected chi connectivity index (χ2v) is 3.62. The number of ether oxygens (including phenoxy) is 1. The molecule has 0 spiro atoms. The molecule has 0 aliphatic rings. The minimum atomic E-state index is -2.82. The van der Waals surface area contributed by atoms with E-state index in [1.165, 1.54) is 0 Å². The predicted molar refractivity (Wildman–Crippen MR) is 59.3 cm³/mol. The highest BCUT2D eigenvalue weighted by Gasteiger charge is 2.18. The Hall–Kier alpha value is -1.74. The van der Waals surface area contributed by atoms with Crippen LogP contribution in [0.2, 0.25) is 5.15 Å². The second kappa shape index (κ2) is 6.26. The van der Waals surface area contributed by atoms with Crippen LogP contribution < -0.4 is 0 Å². The van der Waals surface area contributed by atoms with Gasteiger partial charge >= 0.3 is 5.97 Å². The molecule has 0 saturated carbocycles. The molecular formula is C11H9ClF2N2O2. The van der Waals surface area contributed by atoms with E-state index in [0.29, 0.717) is 0 Å². The zero-order valence-electron chi connectivity index (χ0n) is 9.41. The molecule has 0 radical (unpaired) electrons. The summed E-state index contributed by atoms with van der Waals surface area (Å²) in [6.45, 7) is 1.79. The number of carbonyl (C=O) groups is 1. The molecule has 0 unspecified atom stereocenters. The summed E-state index contributed by atoms with van der Waals surface area (Å²) in [7, 11) is 0. The number of aromatic nitrogens is 1. The number of carbonyl (C=O) groups excluding carboxylic acids is 1. The van der Waals surface area contributed by atoms with Gasteiger partial charge in [-0.2, -0.15) is 5.26 Å². The highest BCUT2D eigenvalue weighted by atomic mass is 35.5. The first-order valence-electron chi connectivity index (χ1n) is 5.02. The van der Waals surface area contributed by atoms with Crippen LogP contribution in [0.1, 0.15) is 30.2 Å². The van der Waals surface area contributed by atoms with Crippen molar-refractivity contribution in [2.45, 2.75) is 19.8 Å². The number of halogens is 3. The van der Waals surface area contributed by atoms with Crippen LogP contribution in [0.25, 0.3) is 0 Å². The van der Waals surface area contributed by atoms with Crippen LogP contribution >= 0.6 is 11.6 Å². The molecule has 1 aromatic rings. The first-order chi connectivity index (χ1) is 8.49. The number of rotatable bonds is 4. The van der Waals surface area contributed by atoms with Crippen molar-refractivity contribution in [2.75, 3.05) is 6.61 Å². The number of pyridine rings is 1. The molecule has 0 N–H and O–H groups in total. The fourth-order valence-corrected chi connectivity index (χ4v) is 1.58.